The van der Waals surface area contributed by atoms with Gasteiger partial charge in [-0.2, -0.15) is 5.10 Å². The normalized spacial score (nSPS) is 11.7. The van der Waals surface area contributed by atoms with Crippen molar-refractivity contribution in [2.45, 2.75) is 20.8 Å². The van der Waals surface area contributed by atoms with E-state index in [0.717, 1.165) is 16.7 Å². The highest BCUT2D eigenvalue weighted by Crippen LogP contribution is 2.25. The van der Waals surface area contributed by atoms with Crippen LogP contribution >= 0.6 is 11.6 Å². The van der Waals surface area contributed by atoms with Crippen molar-refractivity contribution in [2.24, 2.45) is 10.1 Å². The van der Waals surface area contributed by atoms with Crippen LogP contribution in [0.5, 0.6) is 0 Å². The molecule has 0 fully saturated rings. The number of aliphatic imine (C=N–C) groups is 1. The number of hydrogen-bond acceptors (Lipinski definition) is 4. The number of rotatable bonds is 5. The fraction of sp³-hybridized carbons (Fsp3) is 0.154. The zero-order chi connectivity index (χ0) is 24.7. The third-order valence-electron chi connectivity index (χ3n) is 5.05. The minimum atomic E-state index is -0.471. The van der Waals surface area contributed by atoms with Crippen molar-refractivity contribution in [3.63, 3.8) is 0 Å². The largest absolute Gasteiger partial charge is 0.339 e. The molecule has 0 atom stereocenters. The number of carbonyl (C=O) groups excluding carboxylic acids is 1. The Balaban J connectivity index is 2.05. The lowest BCUT2D eigenvalue weighted by molar-refractivity contribution is 0.252. The number of carbonyl (C=O) groups is 1. The SMILES string of the molecule is CN=C(C)N(C(C)=N)c1ccccc1/C(=N\NC(=O)Nc1cccc(C)c1)c1ccc(Cl)cc1. The van der Waals surface area contributed by atoms with E-state index in [9.17, 15) is 4.79 Å². The van der Waals surface area contributed by atoms with E-state index in [-0.39, 0.29) is 0 Å². The van der Waals surface area contributed by atoms with Crippen LogP contribution in [0.1, 0.15) is 30.5 Å². The van der Waals surface area contributed by atoms with Crippen LogP contribution in [0.15, 0.2) is 82.9 Å². The Hall–Kier alpha value is -3.97. The van der Waals surface area contributed by atoms with E-state index in [4.69, 9.17) is 17.0 Å². The van der Waals surface area contributed by atoms with Gasteiger partial charge in [0.1, 0.15) is 17.4 Å². The topological polar surface area (TPSA) is 92.9 Å². The van der Waals surface area contributed by atoms with E-state index in [1.54, 1.807) is 31.0 Å². The molecule has 8 heteroatoms. The summed E-state index contributed by atoms with van der Waals surface area (Å²) in [7, 11) is 1.68. The number of hydrogen-bond donors (Lipinski definition) is 3. The monoisotopic (exact) mass is 474 g/mol. The van der Waals surface area contributed by atoms with Crippen LogP contribution in [0.25, 0.3) is 0 Å². The van der Waals surface area contributed by atoms with Crippen LogP contribution < -0.4 is 15.6 Å². The second kappa shape index (κ2) is 11.2. The highest BCUT2D eigenvalue weighted by Gasteiger charge is 2.20. The van der Waals surface area contributed by atoms with Gasteiger partial charge < -0.3 is 5.32 Å². The van der Waals surface area contributed by atoms with Crippen LogP contribution in [-0.4, -0.2) is 30.5 Å². The number of nitrogens with zero attached hydrogens (tertiary/aromatic N) is 3. The molecule has 0 aliphatic carbocycles. The lowest BCUT2D eigenvalue weighted by Gasteiger charge is -2.26. The Kier molecular flexibility index (Phi) is 8.16. The molecule has 0 aromatic heterocycles. The third kappa shape index (κ3) is 6.08. The Morgan fingerprint density at radius 1 is 1.00 bits per heavy atom. The maximum atomic E-state index is 12.6. The molecule has 0 unspecified atom stereocenters. The maximum absolute atomic E-state index is 12.6. The van der Waals surface area contributed by atoms with Gasteiger partial charge in [-0.25, -0.2) is 10.2 Å². The summed E-state index contributed by atoms with van der Waals surface area (Å²) in [6, 6.07) is 21.8. The summed E-state index contributed by atoms with van der Waals surface area (Å²) in [5.74, 6) is 0.955. The fourth-order valence-electron chi connectivity index (χ4n) is 3.44. The Morgan fingerprint density at radius 2 is 1.71 bits per heavy atom. The van der Waals surface area contributed by atoms with Crippen LogP contribution in [0.2, 0.25) is 5.02 Å². The average molecular weight is 475 g/mol. The predicted octanol–water partition coefficient (Wildman–Crippen LogP) is 6.07. The van der Waals surface area contributed by atoms with Crippen molar-refractivity contribution in [2.75, 3.05) is 17.3 Å². The van der Waals surface area contributed by atoms with Crippen LogP contribution in [0.3, 0.4) is 0 Å². The van der Waals surface area contributed by atoms with Crippen LogP contribution in [0.4, 0.5) is 16.2 Å². The van der Waals surface area contributed by atoms with Gasteiger partial charge in [0.15, 0.2) is 0 Å². The quantitative estimate of drug-likeness (QED) is 0.237. The summed E-state index contributed by atoms with van der Waals surface area (Å²) >= 11 is 6.10. The molecule has 0 aliphatic heterocycles. The molecule has 0 aliphatic rings. The van der Waals surface area contributed by atoms with Crippen molar-refractivity contribution in [3.8, 4) is 0 Å². The van der Waals surface area contributed by atoms with Gasteiger partial charge in [0.2, 0.25) is 0 Å². The minimum Gasteiger partial charge on any atom is -0.307 e. The molecule has 0 spiro atoms. The summed E-state index contributed by atoms with van der Waals surface area (Å²) in [4.78, 5) is 18.6. The molecule has 3 rings (SSSR count). The van der Waals surface area contributed by atoms with E-state index < -0.39 is 6.03 Å². The molecule has 3 aromatic rings. The number of halogens is 1. The summed E-state index contributed by atoms with van der Waals surface area (Å²) in [5, 5.41) is 16.2. The van der Waals surface area contributed by atoms with Gasteiger partial charge in [0.25, 0.3) is 0 Å². The number of anilines is 2. The Labute approximate surface area is 204 Å². The average Bonchev–Trinajstić information content (AvgIpc) is 2.81. The highest BCUT2D eigenvalue weighted by atomic mass is 35.5. The first-order valence-electron chi connectivity index (χ1n) is 10.7. The Morgan fingerprint density at radius 3 is 2.35 bits per heavy atom. The van der Waals surface area contributed by atoms with Crippen LogP contribution in [-0.2, 0) is 0 Å². The first-order valence-corrected chi connectivity index (χ1v) is 11.0. The van der Waals surface area contributed by atoms with E-state index >= 15 is 0 Å². The van der Waals surface area contributed by atoms with Gasteiger partial charge in [0, 0.05) is 28.9 Å². The van der Waals surface area contributed by atoms with Gasteiger partial charge in [-0.05, 0) is 56.7 Å². The lowest BCUT2D eigenvalue weighted by atomic mass is 10.00. The van der Waals surface area contributed by atoms with Gasteiger partial charge in [-0.1, -0.05) is 54.1 Å². The number of amidine groups is 2. The van der Waals surface area contributed by atoms with Crippen molar-refractivity contribution in [3.05, 3.63) is 94.5 Å². The van der Waals surface area contributed by atoms with Crippen molar-refractivity contribution in [1.29, 1.82) is 5.41 Å². The second-order valence-corrected chi connectivity index (χ2v) is 8.05. The molecular weight excluding hydrogens is 448 g/mol. The van der Waals surface area contributed by atoms with E-state index in [1.807, 2.05) is 74.5 Å². The number of nitrogens with one attached hydrogen (secondary N) is 3. The van der Waals surface area contributed by atoms with Gasteiger partial charge in [-0.15, -0.1) is 0 Å². The van der Waals surface area contributed by atoms with Gasteiger partial charge >= 0.3 is 6.03 Å². The molecule has 2 amide bonds. The molecule has 0 heterocycles. The number of urea groups is 1. The minimum absolute atomic E-state index is 0.302. The van der Waals surface area contributed by atoms with E-state index in [1.165, 1.54) is 0 Å². The number of amides is 2. The smallest absolute Gasteiger partial charge is 0.307 e. The second-order valence-electron chi connectivity index (χ2n) is 7.61. The molecule has 3 N–H and O–H groups in total. The lowest BCUT2D eigenvalue weighted by Crippen LogP contribution is -2.34. The molecule has 174 valence electrons. The van der Waals surface area contributed by atoms with Crippen LogP contribution in [0, 0.1) is 12.3 Å². The molecule has 34 heavy (non-hydrogen) atoms. The summed E-state index contributed by atoms with van der Waals surface area (Å²) < 4.78 is 0. The molecule has 7 nitrogen and oxygen atoms in total. The number of hydrazone groups is 1. The van der Waals surface area contributed by atoms with Crippen molar-refractivity contribution < 1.29 is 4.79 Å². The zero-order valence-electron chi connectivity index (χ0n) is 19.6. The first kappa shape index (κ1) is 24.7. The van der Waals surface area contributed by atoms with Gasteiger partial charge in [-0.3, -0.25) is 15.3 Å². The number of aryl methyl sites for hydroxylation is 1. The molecule has 3 aromatic carbocycles. The predicted molar refractivity (Wildman–Crippen MR) is 142 cm³/mol. The number of benzene rings is 3. The highest BCUT2D eigenvalue weighted by molar-refractivity contribution is 6.31. The standard InChI is InChI=1S/C26H27ClN6O/c1-17-8-7-9-22(16-17)30-26(34)32-31-25(20-12-14-21(27)15-13-20)23-10-5-6-11-24(23)33(18(2)28)19(3)29-4/h5-16,28H,1-4H3,(H2,30,32,34)/b28-18?,29-19?,31-25-. The van der Waals surface area contributed by atoms with Gasteiger partial charge in [0.05, 0.1) is 5.69 Å². The maximum Gasteiger partial charge on any atom is 0.339 e. The molecule has 0 radical (unpaired) electrons. The molecule has 0 saturated carbocycles. The van der Waals surface area contributed by atoms with E-state index in [2.05, 4.69) is 20.8 Å². The molecular formula is C26H27ClN6O. The summed E-state index contributed by atoms with van der Waals surface area (Å²) in [5.41, 5.74) is 7.01. The number of para-hydroxylation sites is 1. The zero-order valence-corrected chi connectivity index (χ0v) is 20.3. The first-order chi connectivity index (χ1) is 16.3. The molecule has 0 saturated heterocycles. The van der Waals surface area contributed by atoms with E-state index in [0.29, 0.717) is 33.8 Å². The van der Waals surface area contributed by atoms with Crippen molar-refractivity contribution in [1.82, 2.24) is 5.43 Å². The summed E-state index contributed by atoms with van der Waals surface area (Å²) in [6.07, 6.45) is 0. The summed E-state index contributed by atoms with van der Waals surface area (Å²) in [6.45, 7) is 5.48. The Bertz CT molecular complexity index is 1250. The molecule has 0 bridgehead atoms. The third-order valence-corrected chi connectivity index (χ3v) is 5.30. The fourth-order valence-corrected chi connectivity index (χ4v) is 3.57. The van der Waals surface area contributed by atoms with Crippen molar-refractivity contribution >= 4 is 46.4 Å².